The maximum absolute atomic E-state index is 12.2. The van der Waals surface area contributed by atoms with Crippen molar-refractivity contribution in [2.75, 3.05) is 5.32 Å². The fourth-order valence-corrected chi connectivity index (χ4v) is 2.71. The Hall–Kier alpha value is -4.26. The van der Waals surface area contributed by atoms with Crippen LogP contribution in [0.5, 0.6) is 5.75 Å². The summed E-state index contributed by atoms with van der Waals surface area (Å²) >= 11 is 0. The number of amides is 2. The van der Waals surface area contributed by atoms with Crippen LogP contribution in [0.1, 0.15) is 34.0 Å². The molecule has 0 atom stereocenters. The second-order valence-corrected chi connectivity index (χ2v) is 7.03. The minimum Gasteiger partial charge on any atom is -0.423 e. The van der Waals surface area contributed by atoms with E-state index in [1.165, 1.54) is 6.21 Å². The van der Waals surface area contributed by atoms with Crippen LogP contribution in [-0.4, -0.2) is 24.0 Å². The molecular weight excluding hydrogens is 406 g/mol. The van der Waals surface area contributed by atoms with Crippen LogP contribution in [0.4, 0.5) is 5.69 Å². The number of benzene rings is 3. The van der Waals surface area contributed by atoms with Crippen LogP contribution in [0, 0.1) is 6.92 Å². The molecule has 0 fully saturated rings. The number of hydrogen-bond donors (Lipinski definition) is 2. The van der Waals surface area contributed by atoms with E-state index in [0.29, 0.717) is 22.6 Å². The number of carbonyl (C=O) groups is 3. The molecule has 0 aliphatic carbocycles. The number of ether oxygens (including phenoxy) is 1. The molecule has 3 rings (SSSR count). The Kier molecular flexibility index (Phi) is 7.48. The Labute approximate surface area is 186 Å². The van der Waals surface area contributed by atoms with Gasteiger partial charge in [-0.05, 0) is 73.0 Å². The topological polar surface area (TPSA) is 96.9 Å². The summed E-state index contributed by atoms with van der Waals surface area (Å²) in [6, 6.07) is 20.9. The third kappa shape index (κ3) is 6.37. The first-order valence-corrected chi connectivity index (χ1v) is 10.1. The highest BCUT2D eigenvalue weighted by molar-refractivity contribution is 6.39. The molecule has 0 saturated carbocycles. The van der Waals surface area contributed by atoms with Crippen LogP contribution in [-0.2, 0) is 16.0 Å². The van der Waals surface area contributed by atoms with E-state index in [4.69, 9.17) is 4.74 Å². The van der Waals surface area contributed by atoms with Gasteiger partial charge in [0.1, 0.15) is 5.75 Å². The fourth-order valence-electron chi connectivity index (χ4n) is 2.71. The van der Waals surface area contributed by atoms with Gasteiger partial charge in [0.05, 0.1) is 11.8 Å². The molecule has 0 spiro atoms. The lowest BCUT2D eigenvalue weighted by Crippen LogP contribution is -2.32. The Morgan fingerprint density at radius 2 is 1.53 bits per heavy atom. The van der Waals surface area contributed by atoms with Crippen molar-refractivity contribution in [2.45, 2.75) is 20.3 Å². The summed E-state index contributed by atoms with van der Waals surface area (Å²) in [5.41, 5.74) is 6.01. The Morgan fingerprint density at radius 1 is 0.875 bits per heavy atom. The van der Waals surface area contributed by atoms with Crippen LogP contribution < -0.4 is 15.5 Å². The molecule has 0 saturated heterocycles. The third-order valence-electron chi connectivity index (χ3n) is 4.58. The quantitative estimate of drug-likeness (QED) is 0.204. The van der Waals surface area contributed by atoms with E-state index in [1.807, 2.05) is 38.1 Å². The number of anilines is 1. The number of nitrogens with one attached hydrogen (secondary N) is 2. The summed E-state index contributed by atoms with van der Waals surface area (Å²) in [7, 11) is 0. The maximum Gasteiger partial charge on any atom is 0.343 e. The number of nitrogens with zero attached hydrogens (tertiary/aromatic N) is 1. The third-order valence-corrected chi connectivity index (χ3v) is 4.58. The smallest absolute Gasteiger partial charge is 0.343 e. The van der Waals surface area contributed by atoms with Crippen molar-refractivity contribution < 1.29 is 19.1 Å². The number of hydrazone groups is 1. The molecule has 0 aliphatic rings. The van der Waals surface area contributed by atoms with Crippen LogP contribution in [0.3, 0.4) is 0 Å². The number of rotatable bonds is 6. The van der Waals surface area contributed by atoms with Crippen molar-refractivity contribution in [1.82, 2.24) is 5.43 Å². The van der Waals surface area contributed by atoms with Gasteiger partial charge in [-0.3, -0.25) is 9.59 Å². The lowest BCUT2D eigenvalue weighted by molar-refractivity contribution is -0.136. The van der Waals surface area contributed by atoms with E-state index in [0.717, 1.165) is 17.5 Å². The highest BCUT2D eigenvalue weighted by atomic mass is 16.5. The highest BCUT2D eigenvalue weighted by Crippen LogP contribution is 2.14. The largest absolute Gasteiger partial charge is 0.423 e. The zero-order valence-electron chi connectivity index (χ0n) is 17.8. The summed E-state index contributed by atoms with van der Waals surface area (Å²) in [4.78, 5) is 36.0. The number of hydrogen-bond acceptors (Lipinski definition) is 5. The van der Waals surface area contributed by atoms with Gasteiger partial charge in [0.2, 0.25) is 0 Å². The van der Waals surface area contributed by atoms with Gasteiger partial charge in [-0.2, -0.15) is 5.10 Å². The van der Waals surface area contributed by atoms with E-state index < -0.39 is 17.8 Å². The Morgan fingerprint density at radius 3 is 2.16 bits per heavy atom. The van der Waals surface area contributed by atoms with Crippen LogP contribution in [0.2, 0.25) is 0 Å². The standard InChI is InChI=1S/C25H23N3O4/c1-3-18-6-12-21(13-7-18)27-23(29)24(30)28-26-16-19-8-14-22(15-9-19)32-25(31)20-10-4-17(2)5-11-20/h4-16H,3H2,1-2H3,(H,27,29)(H,28,30)/b26-16-. The van der Waals surface area contributed by atoms with Gasteiger partial charge >= 0.3 is 17.8 Å². The Balaban J connectivity index is 1.49. The first-order valence-electron chi connectivity index (χ1n) is 10.1. The number of carbonyl (C=O) groups excluding carboxylic acids is 3. The summed E-state index contributed by atoms with van der Waals surface area (Å²) in [6.07, 6.45) is 2.27. The van der Waals surface area contributed by atoms with E-state index >= 15 is 0 Å². The zero-order chi connectivity index (χ0) is 22.9. The number of esters is 1. The molecule has 0 aromatic heterocycles. The van der Waals surface area contributed by atoms with Crippen molar-refractivity contribution >= 4 is 29.7 Å². The first-order chi connectivity index (χ1) is 15.4. The Bertz CT molecular complexity index is 1120. The van der Waals surface area contributed by atoms with Crippen molar-refractivity contribution in [3.05, 3.63) is 95.1 Å². The summed E-state index contributed by atoms with van der Waals surface area (Å²) in [5, 5.41) is 6.30. The molecule has 3 aromatic carbocycles. The first kappa shape index (κ1) is 22.4. The lowest BCUT2D eigenvalue weighted by atomic mass is 10.1. The zero-order valence-corrected chi connectivity index (χ0v) is 17.8. The van der Waals surface area contributed by atoms with Gasteiger partial charge in [0, 0.05) is 5.69 Å². The molecule has 2 amide bonds. The molecule has 0 heterocycles. The maximum atomic E-state index is 12.2. The van der Waals surface area contributed by atoms with Crippen molar-refractivity contribution in [3.63, 3.8) is 0 Å². The second-order valence-electron chi connectivity index (χ2n) is 7.03. The van der Waals surface area contributed by atoms with Gasteiger partial charge in [-0.15, -0.1) is 0 Å². The predicted molar refractivity (Wildman–Crippen MR) is 123 cm³/mol. The van der Waals surface area contributed by atoms with E-state index in [9.17, 15) is 14.4 Å². The molecular formula is C25H23N3O4. The van der Waals surface area contributed by atoms with Gasteiger partial charge in [-0.1, -0.05) is 36.8 Å². The van der Waals surface area contributed by atoms with Crippen LogP contribution in [0.25, 0.3) is 0 Å². The van der Waals surface area contributed by atoms with Gasteiger partial charge in [0.25, 0.3) is 0 Å². The van der Waals surface area contributed by atoms with E-state index in [1.54, 1.807) is 48.5 Å². The summed E-state index contributed by atoms with van der Waals surface area (Å²) < 4.78 is 5.33. The monoisotopic (exact) mass is 429 g/mol. The average molecular weight is 429 g/mol. The molecule has 0 unspecified atom stereocenters. The lowest BCUT2D eigenvalue weighted by Gasteiger charge is -2.05. The van der Waals surface area contributed by atoms with E-state index in [-0.39, 0.29) is 0 Å². The minimum absolute atomic E-state index is 0.380. The van der Waals surface area contributed by atoms with E-state index in [2.05, 4.69) is 15.8 Å². The SMILES string of the molecule is CCc1ccc(NC(=O)C(=O)N/N=C\c2ccc(OC(=O)c3ccc(C)cc3)cc2)cc1. The molecule has 0 aliphatic heterocycles. The van der Waals surface area contributed by atoms with Crippen molar-refractivity contribution in [1.29, 1.82) is 0 Å². The second kappa shape index (κ2) is 10.7. The van der Waals surface area contributed by atoms with Gasteiger partial charge < -0.3 is 10.1 Å². The molecule has 2 N–H and O–H groups in total. The molecule has 7 nitrogen and oxygen atoms in total. The minimum atomic E-state index is -0.885. The van der Waals surface area contributed by atoms with Gasteiger partial charge in [0.15, 0.2) is 0 Å². The average Bonchev–Trinajstić information content (AvgIpc) is 2.81. The normalized spacial score (nSPS) is 10.6. The molecule has 0 bridgehead atoms. The molecule has 3 aromatic rings. The van der Waals surface area contributed by atoms with Crippen molar-refractivity contribution in [2.24, 2.45) is 5.10 Å². The molecule has 162 valence electrons. The molecule has 0 radical (unpaired) electrons. The molecule has 7 heteroatoms. The van der Waals surface area contributed by atoms with Crippen LogP contribution in [0.15, 0.2) is 77.9 Å². The fraction of sp³-hybridized carbons (Fsp3) is 0.120. The van der Waals surface area contributed by atoms with Crippen LogP contribution >= 0.6 is 0 Å². The number of aryl methyl sites for hydroxylation is 2. The molecule has 32 heavy (non-hydrogen) atoms. The van der Waals surface area contributed by atoms with Crippen molar-refractivity contribution in [3.8, 4) is 5.75 Å². The summed E-state index contributed by atoms with van der Waals surface area (Å²) in [5.74, 6) is -1.77. The highest BCUT2D eigenvalue weighted by Gasteiger charge is 2.12. The van der Waals surface area contributed by atoms with Gasteiger partial charge in [-0.25, -0.2) is 10.2 Å². The predicted octanol–water partition coefficient (Wildman–Crippen LogP) is 3.87. The summed E-state index contributed by atoms with van der Waals surface area (Å²) in [6.45, 7) is 3.97.